The van der Waals surface area contributed by atoms with Gasteiger partial charge in [-0.1, -0.05) is 26.2 Å². The van der Waals surface area contributed by atoms with Crippen LogP contribution in [0.1, 0.15) is 39.0 Å². The summed E-state index contributed by atoms with van der Waals surface area (Å²) in [5.74, 6) is 0. The monoisotopic (exact) mass is 213 g/mol. The molecule has 3 nitrogen and oxygen atoms in total. The van der Waals surface area contributed by atoms with Crippen LogP contribution in [0.4, 0.5) is 0 Å². The normalized spacial score (nSPS) is 20.4. The van der Waals surface area contributed by atoms with E-state index in [9.17, 15) is 0 Å². The van der Waals surface area contributed by atoms with Crippen molar-refractivity contribution in [3.05, 3.63) is 0 Å². The van der Waals surface area contributed by atoms with Gasteiger partial charge in [0.15, 0.2) is 0 Å². The van der Waals surface area contributed by atoms with Gasteiger partial charge in [-0.25, -0.2) is 0 Å². The van der Waals surface area contributed by atoms with E-state index in [1.807, 2.05) is 0 Å². The Bertz CT molecular complexity index is 144. The lowest BCUT2D eigenvalue weighted by molar-refractivity contribution is 0.156. The molecule has 0 aliphatic carbocycles. The Morgan fingerprint density at radius 2 is 1.93 bits per heavy atom. The lowest BCUT2D eigenvalue weighted by Gasteiger charge is -2.35. The van der Waals surface area contributed by atoms with Crippen LogP contribution in [0.5, 0.6) is 0 Å². The van der Waals surface area contributed by atoms with Crippen molar-refractivity contribution < 1.29 is 0 Å². The number of nitrogens with two attached hydrogens (primary N) is 1. The highest BCUT2D eigenvalue weighted by atomic mass is 15.2. The first-order valence-corrected chi connectivity index (χ1v) is 6.53. The van der Waals surface area contributed by atoms with Crippen LogP contribution in [0, 0.1) is 0 Å². The first-order chi connectivity index (χ1) is 7.38. The van der Waals surface area contributed by atoms with Gasteiger partial charge in [0, 0.05) is 32.2 Å². The first-order valence-electron chi connectivity index (χ1n) is 6.53. The van der Waals surface area contributed by atoms with E-state index in [4.69, 9.17) is 5.73 Å². The van der Waals surface area contributed by atoms with Crippen LogP contribution < -0.4 is 11.1 Å². The summed E-state index contributed by atoms with van der Waals surface area (Å²) in [7, 11) is 0. The maximum atomic E-state index is 5.70. The summed E-state index contributed by atoms with van der Waals surface area (Å²) in [5.41, 5.74) is 5.70. The molecule has 0 radical (unpaired) electrons. The van der Waals surface area contributed by atoms with Gasteiger partial charge in [-0.15, -0.1) is 0 Å². The standard InChI is InChI=1S/C12H27N3/c1-2-3-4-5-12(6-7-13)15-10-8-14-9-11-15/h12,14H,2-11,13H2,1H3. The molecule has 0 spiro atoms. The molecule has 0 aromatic heterocycles. The third-order valence-corrected chi connectivity index (χ3v) is 3.31. The number of rotatable bonds is 7. The zero-order chi connectivity index (χ0) is 10.9. The molecule has 0 saturated carbocycles. The van der Waals surface area contributed by atoms with Crippen LogP contribution in [-0.2, 0) is 0 Å². The van der Waals surface area contributed by atoms with Gasteiger partial charge >= 0.3 is 0 Å². The van der Waals surface area contributed by atoms with Crippen molar-refractivity contribution in [3.8, 4) is 0 Å². The highest BCUT2D eigenvalue weighted by Gasteiger charge is 2.18. The molecule has 1 heterocycles. The molecule has 0 aromatic carbocycles. The zero-order valence-electron chi connectivity index (χ0n) is 10.2. The zero-order valence-corrected chi connectivity index (χ0v) is 10.2. The molecule has 3 N–H and O–H groups in total. The van der Waals surface area contributed by atoms with Gasteiger partial charge in [0.25, 0.3) is 0 Å². The van der Waals surface area contributed by atoms with Gasteiger partial charge in [-0.3, -0.25) is 4.90 Å². The van der Waals surface area contributed by atoms with Crippen LogP contribution in [-0.4, -0.2) is 43.7 Å². The highest BCUT2D eigenvalue weighted by molar-refractivity contribution is 4.77. The fourth-order valence-corrected chi connectivity index (χ4v) is 2.38. The molecule has 3 heteroatoms. The van der Waals surface area contributed by atoms with Crippen molar-refractivity contribution in [2.45, 2.75) is 45.1 Å². The van der Waals surface area contributed by atoms with Gasteiger partial charge in [0.1, 0.15) is 0 Å². The fourth-order valence-electron chi connectivity index (χ4n) is 2.38. The molecule has 0 aromatic rings. The summed E-state index contributed by atoms with van der Waals surface area (Å²) in [5, 5.41) is 3.41. The van der Waals surface area contributed by atoms with Gasteiger partial charge in [-0.2, -0.15) is 0 Å². The summed E-state index contributed by atoms with van der Waals surface area (Å²) in [6.07, 6.45) is 6.56. The lowest BCUT2D eigenvalue weighted by atomic mass is 10.0. The van der Waals surface area contributed by atoms with E-state index < -0.39 is 0 Å². The SMILES string of the molecule is CCCCCC(CCN)N1CCNCC1. The number of nitrogens with zero attached hydrogens (tertiary/aromatic N) is 1. The van der Waals surface area contributed by atoms with E-state index in [2.05, 4.69) is 17.1 Å². The molecular weight excluding hydrogens is 186 g/mol. The number of unbranched alkanes of at least 4 members (excludes halogenated alkanes) is 2. The average molecular weight is 213 g/mol. The Hall–Kier alpha value is -0.120. The summed E-state index contributed by atoms with van der Waals surface area (Å²) in [6.45, 7) is 7.81. The molecule has 1 rings (SSSR count). The predicted octanol–water partition coefficient (Wildman–Crippen LogP) is 1.19. The van der Waals surface area contributed by atoms with Crippen LogP contribution in [0.25, 0.3) is 0 Å². The molecule has 1 aliphatic rings. The van der Waals surface area contributed by atoms with Crippen molar-refractivity contribution in [2.75, 3.05) is 32.7 Å². The van der Waals surface area contributed by atoms with Gasteiger partial charge in [-0.05, 0) is 19.4 Å². The minimum absolute atomic E-state index is 0.739. The Morgan fingerprint density at radius 3 is 2.53 bits per heavy atom. The largest absolute Gasteiger partial charge is 0.330 e. The van der Waals surface area contributed by atoms with E-state index in [-0.39, 0.29) is 0 Å². The minimum Gasteiger partial charge on any atom is -0.330 e. The highest BCUT2D eigenvalue weighted by Crippen LogP contribution is 2.13. The molecule has 90 valence electrons. The van der Waals surface area contributed by atoms with E-state index >= 15 is 0 Å². The molecule has 1 unspecified atom stereocenters. The van der Waals surface area contributed by atoms with Crippen molar-refractivity contribution in [1.29, 1.82) is 0 Å². The third kappa shape index (κ3) is 4.96. The van der Waals surface area contributed by atoms with Crippen LogP contribution in [0.3, 0.4) is 0 Å². The second kappa shape index (κ2) is 8.08. The van der Waals surface area contributed by atoms with E-state index in [1.165, 1.54) is 45.2 Å². The summed E-state index contributed by atoms with van der Waals surface area (Å²) < 4.78 is 0. The Balaban J connectivity index is 2.26. The molecule has 1 aliphatic heterocycles. The Kier molecular flexibility index (Phi) is 6.98. The number of piperazine rings is 1. The van der Waals surface area contributed by atoms with Crippen molar-refractivity contribution >= 4 is 0 Å². The summed E-state index contributed by atoms with van der Waals surface area (Å²) in [6, 6.07) is 0.739. The molecule has 1 fully saturated rings. The number of hydrogen-bond donors (Lipinski definition) is 2. The van der Waals surface area contributed by atoms with Gasteiger partial charge < -0.3 is 11.1 Å². The van der Waals surface area contributed by atoms with Crippen LogP contribution in [0.15, 0.2) is 0 Å². The maximum Gasteiger partial charge on any atom is 0.0110 e. The maximum absolute atomic E-state index is 5.70. The van der Waals surface area contributed by atoms with Crippen molar-refractivity contribution in [2.24, 2.45) is 5.73 Å². The smallest absolute Gasteiger partial charge is 0.0110 e. The molecule has 1 saturated heterocycles. The lowest BCUT2D eigenvalue weighted by Crippen LogP contribution is -2.48. The Labute approximate surface area is 94.4 Å². The van der Waals surface area contributed by atoms with Crippen molar-refractivity contribution in [3.63, 3.8) is 0 Å². The quantitative estimate of drug-likeness (QED) is 0.624. The number of hydrogen-bond acceptors (Lipinski definition) is 3. The van der Waals surface area contributed by atoms with Crippen LogP contribution in [0.2, 0.25) is 0 Å². The Morgan fingerprint density at radius 1 is 1.20 bits per heavy atom. The summed E-state index contributed by atoms with van der Waals surface area (Å²) in [4.78, 5) is 2.62. The first kappa shape index (κ1) is 12.9. The second-order valence-corrected chi connectivity index (χ2v) is 4.51. The van der Waals surface area contributed by atoms with Crippen molar-refractivity contribution in [1.82, 2.24) is 10.2 Å². The molecular formula is C12H27N3. The second-order valence-electron chi connectivity index (χ2n) is 4.51. The molecule has 0 amide bonds. The van der Waals surface area contributed by atoms with Crippen LogP contribution >= 0.6 is 0 Å². The number of nitrogens with one attached hydrogen (secondary N) is 1. The molecule has 15 heavy (non-hydrogen) atoms. The minimum atomic E-state index is 0.739. The van der Waals surface area contributed by atoms with Gasteiger partial charge in [0.2, 0.25) is 0 Å². The van der Waals surface area contributed by atoms with E-state index in [1.54, 1.807) is 0 Å². The molecule has 1 atom stereocenters. The summed E-state index contributed by atoms with van der Waals surface area (Å²) >= 11 is 0. The predicted molar refractivity (Wildman–Crippen MR) is 66.0 cm³/mol. The third-order valence-electron chi connectivity index (χ3n) is 3.31. The van der Waals surface area contributed by atoms with E-state index in [0.29, 0.717) is 0 Å². The van der Waals surface area contributed by atoms with Gasteiger partial charge in [0.05, 0.1) is 0 Å². The average Bonchev–Trinajstić information content (AvgIpc) is 2.29. The molecule has 0 bridgehead atoms. The fraction of sp³-hybridized carbons (Fsp3) is 1.00. The van der Waals surface area contributed by atoms with E-state index in [0.717, 1.165) is 25.7 Å². The topological polar surface area (TPSA) is 41.3 Å².